The van der Waals surface area contributed by atoms with Gasteiger partial charge in [-0.25, -0.2) is 0 Å². The largest absolute Gasteiger partial charge is 0.416 e. The molecule has 30 heavy (non-hydrogen) atoms. The van der Waals surface area contributed by atoms with Crippen molar-refractivity contribution in [1.82, 2.24) is 24.9 Å². The fourth-order valence-electron chi connectivity index (χ4n) is 2.88. The number of alkyl halides is 3. The Bertz CT molecular complexity index is 1230. The van der Waals surface area contributed by atoms with Crippen LogP contribution >= 0.6 is 23.8 Å². The van der Waals surface area contributed by atoms with Crippen LogP contribution in [0.1, 0.15) is 17.3 Å². The minimum atomic E-state index is -4.45. The van der Waals surface area contributed by atoms with Gasteiger partial charge in [-0.1, -0.05) is 22.8 Å². The van der Waals surface area contributed by atoms with Crippen molar-refractivity contribution in [3.8, 4) is 17.1 Å². The minimum Gasteiger partial charge on any atom is -0.339 e. The van der Waals surface area contributed by atoms with Crippen molar-refractivity contribution in [2.45, 2.75) is 19.0 Å². The van der Waals surface area contributed by atoms with Crippen LogP contribution in [-0.2, 0) is 19.0 Å². The Labute approximate surface area is 178 Å². The average Bonchev–Trinajstić information content (AvgIpc) is 3.33. The van der Waals surface area contributed by atoms with E-state index in [0.29, 0.717) is 35.4 Å². The highest BCUT2D eigenvalue weighted by atomic mass is 35.5. The number of hydrogen-bond donors (Lipinski definition) is 1. The van der Waals surface area contributed by atoms with Gasteiger partial charge in [0, 0.05) is 23.4 Å². The van der Waals surface area contributed by atoms with Crippen LogP contribution < -0.4 is 0 Å². The Kier molecular flexibility index (Phi) is 5.44. The molecule has 0 aliphatic heterocycles. The summed E-state index contributed by atoms with van der Waals surface area (Å²) < 4.78 is 46.1. The van der Waals surface area contributed by atoms with Crippen molar-refractivity contribution in [3.63, 3.8) is 0 Å². The maximum absolute atomic E-state index is 13.1. The van der Waals surface area contributed by atoms with E-state index in [1.807, 2.05) is 0 Å². The molecule has 0 saturated heterocycles. The second-order valence-electron chi connectivity index (χ2n) is 6.35. The predicted molar refractivity (Wildman–Crippen MR) is 106 cm³/mol. The SMILES string of the molecule is FC(F)(F)c1cccc(-n2c(CCc3nc(-c4ccc(Cl)cc4)no3)n[nH]c2=S)c1. The lowest BCUT2D eigenvalue weighted by Gasteiger charge is -2.10. The molecule has 0 bridgehead atoms. The van der Waals surface area contributed by atoms with Crippen LogP contribution in [-0.4, -0.2) is 24.9 Å². The van der Waals surface area contributed by atoms with Gasteiger partial charge in [0.25, 0.3) is 0 Å². The second kappa shape index (κ2) is 8.04. The summed E-state index contributed by atoms with van der Waals surface area (Å²) in [5, 5.41) is 11.3. The molecule has 6 nitrogen and oxygen atoms in total. The van der Waals surface area contributed by atoms with Gasteiger partial charge in [0.05, 0.1) is 11.3 Å². The number of rotatable bonds is 5. The fourth-order valence-corrected chi connectivity index (χ4v) is 3.26. The number of aryl methyl sites for hydroxylation is 2. The highest BCUT2D eigenvalue weighted by Crippen LogP contribution is 2.30. The number of benzene rings is 2. The molecule has 0 aliphatic rings. The van der Waals surface area contributed by atoms with Gasteiger partial charge >= 0.3 is 6.18 Å². The van der Waals surface area contributed by atoms with Crippen LogP contribution in [0.5, 0.6) is 0 Å². The van der Waals surface area contributed by atoms with Crippen molar-refractivity contribution in [1.29, 1.82) is 0 Å². The number of hydrogen-bond acceptors (Lipinski definition) is 5. The first-order valence-electron chi connectivity index (χ1n) is 8.74. The summed E-state index contributed by atoms with van der Waals surface area (Å²) in [6, 6.07) is 11.9. The standard InChI is InChI=1S/C19H13ClF3N5OS/c20-13-6-4-11(5-7-13)17-24-16(29-27-17)9-8-15-25-26-18(30)28(15)14-3-1-2-12(10-14)19(21,22)23/h1-7,10H,8-9H2,(H,26,30). The third kappa shape index (κ3) is 4.29. The monoisotopic (exact) mass is 451 g/mol. The van der Waals surface area contributed by atoms with E-state index in [4.69, 9.17) is 28.3 Å². The van der Waals surface area contributed by atoms with Gasteiger partial charge in [0.15, 0.2) is 4.77 Å². The zero-order chi connectivity index (χ0) is 21.3. The van der Waals surface area contributed by atoms with Crippen LogP contribution in [0.25, 0.3) is 17.1 Å². The molecule has 0 amide bonds. The number of halogens is 4. The molecule has 0 spiro atoms. The van der Waals surface area contributed by atoms with Gasteiger partial charge in [-0.05, 0) is 54.7 Å². The summed E-state index contributed by atoms with van der Waals surface area (Å²) in [6.45, 7) is 0. The van der Waals surface area contributed by atoms with Crippen molar-refractivity contribution in [2.75, 3.05) is 0 Å². The number of nitrogens with one attached hydrogen (secondary N) is 1. The Balaban J connectivity index is 1.55. The van der Waals surface area contributed by atoms with Crippen LogP contribution in [0.15, 0.2) is 53.1 Å². The number of nitrogens with zero attached hydrogens (tertiary/aromatic N) is 4. The van der Waals surface area contributed by atoms with E-state index in [9.17, 15) is 13.2 Å². The summed E-state index contributed by atoms with van der Waals surface area (Å²) in [7, 11) is 0. The summed E-state index contributed by atoms with van der Waals surface area (Å²) in [4.78, 5) is 4.34. The average molecular weight is 452 g/mol. The van der Waals surface area contributed by atoms with E-state index < -0.39 is 11.7 Å². The molecule has 11 heteroatoms. The summed E-state index contributed by atoms with van der Waals surface area (Å²) in [5.41, 5.74) is 0.255. The van der Waals surface area contributed by atoms with Crippen LogP contribution in [0.2, 0.25) is 5.02 Å². The van der Waals surface area contributed by atoms with Crippen molar-refractivity contribution in [2.24, 2.45) is 0 Å². The number of aromatic nitrogens is 5. The molecule has 2 aromatic carbocycles. The molecule has 2 heterocycles. The summed E-state index contributed by atoms with van der Waals surface area (Å²) in [6.07, 6.45) is -3.80. The molecular formula is C19H13ClF3N5OS. The van der Waals surface area contributed by atoms with E-state index in [-0.39, 0.29) is 10.5 Å². The Morgan fingerprint density at radius 3 is 2.60 bits per heavy atom. The van der Waals surface area contributed by atoms with Crippen LogP contribution in [0.3, 0.4) is 0 Å². The van der Waals surface area contributed by atoms with Gasteiger partial charge in [-0.3, -0.25) is 9.67 Å². The first kappa shape index (κ1) is 20.3. The van der Waals surface area contributed by atoms with Gasteiger partial charge in [0.1, 0.15) is 5.82 Å². The lowest BCUT2D eigenvalue weighted by molar-refractivity contribution is -0.137. The molecule has 0 atom stereocenters. The van der Waals surface area contributed by atoms with Gasteiger partial charge < -0.3 is 4.52 Å². The van der Waals surface area contributed by atoms with Gasteiger partial charge in [0.2, 0.25) is 11.7 Å². The molecule has 0 saturated carbocycles. The quantitative estimate of drug-likeness (QED) is 0.409. The topological polar surface area (TPSA) is 72.5 Å². The third-order valence-electron chi connectivity index (χ3n) is 4.31. The van der Waals surface area contributed by atoms with Crippen molar-refractivity contribution >= 4 is 23.8 Å². The second-order valence-corrected chi connectivity index (χ2v) is 7.17. The molecule has 2 aromatic heterocycles. The molecule has 0 unspecified atom stereocenters. The zero-order valence-electron chi connectivity index (χ0n) is 15.2. The Morgan fingerprint density at radius 1 is 1.10 bits per heavy atom. The van der Waals surface area contributed by atoms with E-state index >= 15 is 0 Å². The lowest BCUT2D eigenvalue weighted by Crippen LogP contribution is -2.08. The molecule has 0 fully saturated rings. The van der Waals surface area contributed by atoms with E-state index in [1.54, 1.807) is 24.3 Å². The molecule has 1 N–H and O–H groups in total. The van der Waals surface area contributed by atoms with Crippen LogP contribution in [0.4, 0.5) is 13.2 Å². The lowest BCUT2D eigenvalue weighted by atomic mass is 10.2. The van der Waals surface area contributed by atoms with Gasteiger partial charge in [-0.15, -0.1) is 0 Å². The van der Waals surface area contributed by atoms with Gasteiger partial charge in [-0.2, -0.15) is 23.3 Å². The molecule has 4 aromatic rings. The zero-order valence-corrected chi connectivity index (χ0v) is 16.7. The molecule has 4 rings (SSSR count). The fraction of sp³-hybridized carbons (Fsp3) is 0.158. The maximum atomic E-state index is 13.1. The minimum absolute atomic E-state index is 0.191. The summed E-state index contributed by atoms with van der Waals surface area (Å²) >= 11 is 11.1. The van der Waals surface area contributed by atoms with E-state index in [2.05, 4.69) is 20.3 Å². The smallest absolute Gasteiger partial charge is 0.339 e. The van der Waals surface area contributed by atoms with Crippen molar-refractivity contribution < 1.29 is 17.7 Å². The molecular weight excluding hydrogens is 439 g/mol. The first-order chi connectivity index (χ1) is 14.3. The first-order valence-corrected chi connectivity index (χ1v) is 9.52. The predicted octanol–water partition coefficient (Wildman–Crippen LogP) is 5.44. The highest BCUT2D eigenvalue weighted by Gasteiger charge is 2.30. The Morgan fingerprint density at radius 2 is 1.87 bits per heavy atom. The van der Waals surface area contributed by atoms with Crippen molar-refractivity contribution in [3.05, 3.63) is 75.6 Å². The van der Waals surface area contributed by atoms with E-state index in [1.165, 1.54) is 16.7 Å². The van der Waals surface area contributed by atoms with Crippen LogP contribution in [0, 0.1) is 4.77 Å². The molecule has 0 radical (unpaired) electrons. The maximum Gasteiger partial charge on any atom is 0.416 e. The number of H-pyrrole nitrogens is 1. The molecule has 154 valence electrons. The molecule has 0 aliphatic carbocycles. The third-order valence-corrected chi connectivity index (χ3v) is 4.83. The normalized spacial score (nSPS) is 11.7. The number of aromatic amines is 1. The highest BCUT2D eigenvalue weighted by molar-refractivity contribution is 7.71. The Hall–Kier alpha value is -2.98. The van der Waals surface area contributed by atoms with E-state index in [0.717, 1.165) is 17.7 Å². The summed E-state index contributed by atoms with van der Waals surface area (Å²) in [5.74, 6) is 1.23.